The van der Waals surface area contributed by atoms with E-state index in [1.807, 2.05) is 12.2 Å². The molecule has 0 aromatic carbocycles. The van der Waals surface area contributed by atoms with Crippen LogP contribution < -0.4 is 0 Å². The first-order valence-electron chi connectivity index (χ1n) is 3.43. The third-order valence-electron chi connectivity index (χ3n) is 1.66. The molecule has 0 atom stereocenters. The van der Waals surface area contributed by atoms with Gasteiger partial charge >= 0.3 is 0 Å². The molecule has 0 saturated heterocycles. The lowest BCUT2D eigenvalue weighted by atomic mass is 9.99. The van der Waals surface area contributed by atoms with Gasteiger partial charge in [-0.1, -0.05) is 6.08 Å². The molecule has 1 heterocycles. The molecule has 0 unspecified atom stereocenters. The molecule has 0 spiro atoms. The molecule has 0 saturated carbocycles. The normalized spacial score (nSPS) is 22.4. The highest BCUT2D eigenvalue weighted by Gasteiger charge is 2.11. The van der Waals surface area contributed by atoms with E-state index in [-0.39, 0.29) is 0 Å². The summed E-state index contributed by atoms with van der Waals surface area (Å²) in [6.07, 6.45) is 12.8. The maximum absolute atomic E-state index is 5.23. The first-order chi connectivity index (χ1) is 4.97. The summed E-state index contributed by atoms with van der Waals surface area (Å²) in [6, 6.07) is 0. The quantitative estimate of drug-likeness (QED) is 0.491. The highest BCUT2D eigenvalue weighted by atomic mass is 16.5. The minimum Gasteiger partial charge on any atom is -0.465 e. The summed E-state index contributed by atoms with van der Waals surface area (Å²) < 4.78 is 5.23. The predicted molar refractivity (Wildman–Crippen MR) is 38.9 cm³/mol. The number of fused-ring (bicyclic) bond motifs is 1. The molecule has 1 aliphatic carbocycles. The van der Waals surface area contributed by atoms with Crippen LogP contribution in [0.3, 0.4) is 0 Å². The van der Waals surface area contributed by atoms with Gasteiger partial charge in [0.05, 0.1) is 6.26 Å². The Morgan fingerprint density at radius 1 is 1.50 bits per heavy atom. The molecule has 10 heavy (non-hydrogen) atoms. The Morgan fingerprint density at radius 3 is 3.40 bits per heavy atom. The van der Waals surface area contributed by atoms with Crippen molar-refractivity contribution in [2.24, 2.45) is 0 Å². The first-order valence-corrected chi connectivity index (χ1v) is 3.43. The van der Waals surface area contributed by atoms with Gasteiger partial charge < -0.3 is 4.74 Å². The lowest BCUT2D eigenvalue weighted by molar-refractivity contribution is 0.349. The van der Waals surface area contributed by atoms with Crippen molar-refractivity contribution < 1.29 is 4.74 Å². The standard InChI is InChI=1S/C9H8O/c1-2-6-9-8(4-1)5-3-7-10-9/h3,5-7H,1,4H2. The minimum atomic E-state index is 0.966. The van der Waals surface area contributed by atoms with E-state index in [1.165, 1.54) is 5.57 Å². The van der Waals surface area contributed by atoms with E-state index >= 15 is 0 Å². The predicted octanol–water partition coefficient (Wildman–Crippen LogP) is 2.22. The van der Waals surface area contributed by atoms with Crippen LogP contribution >= 0.6 is 0 Å². The Morgan fingerprint density at radius 2 is 2.50 bits per heavy atom. The van der Waals surface area contributed by atoms with Crippen LogP contribution in [-0.2, 0) is 4.74 Å². The van der Waals surface area contributed by atoms with Crippen LogP contribution in [0.4, 0.5) is 0 Å². The molecular weight excluding hydrogens is 124 g/mol. The van der Waals surface area contributed by atoms with E-state index < -0.39 is 0 Å². The molecule has 0 fully saturated rings. The molecule has 2 aliphatic rings. The van der Waals surface area contributed by atoms with Crippen LogP contribution in [0.15, 0.2) is 35.8 Å². The van der Waals surface area contributed by atoms with Gasteiger partial charge in [0.25, 0.3) is 0 Å². The molecule has 50 valence electrons. The number of allylic oxidation sites excluding steroid dienone is 4. The fraction of sp³-hybridized carbons (Fsp3) is 0.222. The topological polar surface area (TPSA) is 9.23 Å². The number of ether oxygens (including phenoxy) is 1. The number of rotatable bonds is 0. The van der Waals surface area contributed by atoms with Gasteiger partial charge in [-0.25, -0.2) is 0 Å². The molecule has 0 bridgehead atoms. The molecule has 0 aromatic heterocycles. The number of hydrogen-bond donors (Lipinski definition) is 0. The van der Waals surface area contributed by atoms with Gasteiger partial charge in [-0.15, -0.1) is 0 Å². The van der Waals surface area contributed by atoms with Crippen molar-refractivity contribution in [2.45, 2.75) is 12.8 Å². The van der Waals surface area contributed by atoms with Crippen LogP contribution in [0.25, 0.3) is 0 Å². The highest BCUT2D eigenvalue weighted by molar-refractivity contribution is 5.36. The maximum Gasteiger partial charge on any atom is 0.126 e. The second-order valence-corrected chi connectivity index (χ2v) is 2.35. The van der Waals surface area contributed by atoms with Crippen molar-refractivity contribution in [1.82, 2.24) is 0 Å². The summed E-state index contributed by atoms with van der Waals surface area (Å²) in [6.45, 7) is 0. The maximum atomic E-state index is 5.23. The Balaban J connectivity index is 2.32. The van der Waals surface area contributed by atoms with E-state index in [0.29, 0.717) is 0 Å². The summed E-state index contributed by atoms with van der Waals surface area (Å²) in [5, 5.41) is 0. The first kappa shape index (κ1) is 5.78. The molecule has 1 aliphatic heterocycles. The Hall–Kier alpha value is -0.980. The summed E-state index contributed by atoms with van der Waals surface area (Å²) in [5.41, 5.74) is 1.29. The minimum absolute atomic E-state index is 0.966. The molecule has 0 N–H and O–H groups in total. The van der Waals surface area contributed by atoms with Crippen molar-refractivity contribution in [2.75, 3.05) is 0 Å². The zero-order valence-corrected chi connectivity index (χ0v) is 5.63. The van der Waals surface area contributed by atoms with Gasteiger partial charge in [0.1, 0.15) is 5.76 Å². The Kier molecular flexibility index (Phi) is 1.35. The zero-order valence-electron chi connectivity index (χ0n) is 5.63. The Bertz CT molecular complexity index is 221. The van der Waals surface area contributed by atoms with Crippen molar-refractivity contribution >= 4 is 0 Å². The SMILES string of the molecule is [C]1C=C2OC=CC=C2CC1. The fourth-order valence-electron chi connectivity index (χ4n) is 1.13. The van der Waals surface area contributed by atoms with Gasteiger partial charge in [-0.2, -0.15) is 0 Å². The van der Waals surface area contributed by atoms with E-state index in [2.05, 4.69) is 12.5 Å². The number of hydrogen-bond acceptors (Lipinski definition) is 1. The van der Waals surface area contributed by atoms with Crippen molar-refractivity contribution in [3.8, 4) is 0 Å². The van der Waals surface area contributed by atoms with Crippen molar-refractivity contribution in [1.29, 1.82) is 0 Å². The molecule has 0 amide bonds. The molecule has 0 aromatic rings. The smallest absolute Gasteiger partial charge is 0.126 e. The van der Waals surface area contributed by atoms with Gasteiger partial charge in [0, 0.05) is 6.42 Å². The molecule has 2 rings (SSSR count). The van der Waals surface area contributed by atoms with E-state index in [0.717, 1.165) is 18.6 Å². The second-order valence-electron chi connectivity index (χ2n) is 2.35. The Labute approximate surface area is 60.7 Å². The van der Waals surface area contributed by atoms with Gasteiger partial charge in [-0.05, 0) is 30.6 Å². The molecule has 1 heteroatoms. The summed E-state index contributed by atoms with van der Waals surface area (Å²) in [5.74, 6) is 0.966. The van der Waals surface area contributed by atoms with Gasteiger partial charge in [0.2, 0.25) is 0 Å². The summed E-state index contributed by atoms with van der Waals surface area (Å²) >= 11 is 0. The van der Waals surface area contributed by atoms with Gasteiger partial charge in [-0.3, -0.25) is 0 Å². The summed E-state index contributed by atoms with van der Waals surface area (Å²) in [4.78, 5) is 0. The summed E-state index contributed by atoms with van der Waals surface area (Å²) in [7, 11) is 0. The lowest BCUT2D eigenvalue weighted by Gasteiger charge is -2.16. The molecular formula is C9H8O. The second kappa shape index (κ2) is 2.33. The van der Waals surface area contributed by atoms with Crippen LogP contribution in [0.5, 0.6) is 0 Å². The van der Waals surface area contributed by atoms with Crippen LogP contribution in [-0.4, -0.2) is 0 Å². The van der Waals surface area contributed by atoms with Crippen LogP contribution in [0.2, 0.25) is 0 Å². The van der Waals surface area contributed by atoms with Gasteiger partial charge in [0.15, 0.2) is 0 Å². The monoisotopic (exact) mass is 132 g/mol. The molecule has 2 radical (unpaired) electrons. The van der Waals surface area contributed by atoms with Crippen molar-refractivity contribution in [3.63, 3.8) is 0 Å². The molecule has 1 nitrogen and oxygen atoms in total. The average Bonchev–Trinajstić information content (AvgIpc) is 2.05. The van der Waals surface area contributed by atoms with E-state index in [4.69, 9.17) is 4.74 Å². The average molecular weight is 132 g/mol. The highest BCUT2D eigenvalue weighted by Crippen LogP contribution is 2.26. The third-order valence-corrected chi connectivity index (χ3v) is 1.66. The van der Waals surface area contributed by atoms with Crippen molar-refractivity contribution in [3.05, 3.63) is 42.2 Å². The third kappa shape index (κ3) is 0.878. The van der Waals surface area contributed by atoms with Crippen LogP contribution in [0.1, 0.15) is 12.8 Å². The van der Waals surface area contributed by atoms with E-state index in [1.54, 1.807) is 6.26 Å². The largest absolute Gasteiger partial charge is 0.465 e. The fourth-order valence-corrected chi connectivity index (χ4v) is 1.13. The van der Waals surface area contributed by atoms with E-state index in [9.17, 15) is 0 Å². The lowest BCUT2D eigenvalue weighted by Crippen LogP contribution is -2.00. The van der Waals surface area contributed by atoms with Crippen LogP contribution in [0, 0.1) is 6.42 Å². The zero-order chi connectivity index (χ0) is 6.81.